The first-order valence-electron chi connectivity index (χ1n) is 5.53. The van der Waals surface area contributed by atoms with Crippen LogP contribution in [0.1, 0.15) is 16.1 Å². The van der Waals surface area contributed by atoms with Gasteiger partial charge in [0.05, 0.1) is 17.7 Å². The summed E-state index contributed by atoms with van der Waals surface area (Å²) in [6, 6.07) is 3.96. The standard InChI is InChI=1S/C13H8ClFN2OS/c14-8-1-2-11(15)10(5-8)12(18)6-9-7-17-3-4-19-13(17)16-9/h1-5,7H,6H2. The van der Waals surface area contributed by atoms with E-state index in [9.17, 15) is 9.18 Å². The van der Waals surface area contributed by atoms with E-state index in [1.807, 2.05) is 16.0 Å². The van der Waals surface area contributed by atoms with Gasteiger partial charge in [0.25, 0.3) is 0 Å². The van der Waals surface area contributed by atoms with Crippen LogP contribution in [0.4, 0.5) is 4.39 Å². The van der Waals surface area contributed by atoms with E-state index in [-0.39, 0.29) is 17.8 Å². The summed E-state index contributed by atoms with van der Waals surface area (Å²) >= 11 is 7.26. The molecule has 0 saturated heterocycles. The van der Waals surface area contributed by atoms with Gasteiger partial charge in [0, 0.05) is 22.8 Å². The van der Waals surface area contributed by atoms with Crippen molar-refractivity contribution >= 4 is 33.7 Å². The van der Waals surface area contributed by atoms with E-state index in [1.54, 1.807) is 6.20 Å². The zero-order valence-corrected chi connectivity index (χ0v) is 11.2. The molecular formula is C13H8ClFN2OS. The number of rotatable bonds is 3. The predicted molar refractivity (Wildman–Crippen MR) is 72.5 cm³/mol. The lowest BCUT2D eigenvalue weighted by Gasteiger charge is -2.01. The molecule has 0 N–H and O–H groups in total. The van der Waals surface area contributed by atoms with Crippen LogP contribution < -0.4 is 0 Å². The lowest BCUT2D eigenvalue weighted by Crippen LogP contribution is -2.06. The van der Waals surface area contributed by atoms with Crippen molar-refractivity contribution in [2.24, 2.45) is 0 Å². The molecule has 1 aromatic carbocycles. The maximum absolute atomic E-state index is 13.6. The molecule has 6 heteroatoms. The first-order valence-corrected chi connectivity index (χ1v) is 6.78. The molecule has 0 aliphatic rings. The van der Waals surface area contributed by atoms with Crippen molar-refractivity contribution in [2.45, 2.75) is 6.42 Å². The predicted octanol–water partition coefficient (Wildman–Crippen LogP) is 3.61. The second kappa shape index (κ2) is 4.75. The topological polar surface area (TPSA) is 34.4 Å². The molecule has 0 spiro atoms. The third-order valence-electron chi connectivity index (χ3n) is 2.71. The van der Waals surface area contributed by atoms with E-state index >= 15 is 0 Å². The van der Waals surface area contributed by atoms with Crippen LogP contribution in [0.25, 0.3) is 4.96 Å². The highest BCUT2D eigenvalue weighted by atomic mass is 35.5. The Morgan fingerprint density at radius 1 is 1.47 bits per heavy atom. The highest BCUT2D eigenvalue weighted by Gasteiger charge is 2.15. The van der Waals surface area contributed by atoms with E-state index in [0.717, 1.165) is 4.96 Å². The number of nitrogens with zero attached hydrogens (tertiary/aromatic N) is 2. The normalized spacial score (nSPS) is 11.1. The Bertz CT molecular complexity index is 736. The average Bonchev–Trinajstić information content (AvgIpc) is 2.92. The quantitative estimate of drug-likeness (QED) is 0.692. The summed E-state index contributed by atoms with van der Waals surface area (Å²) in [5.74, 6) is -0.888. The van der Waals surface area contributed by atoms with Crippen molar-refractivity contribution in [3.8, 4) is 0 Å². The first-order chi connectivity index (χ1) is 9.13. The van der Waals surface area contributed by atoms with Crippen molar-refractivity contribution in [1.82, 2.24) is 9.38 Å². The molecule has 0 saturated carbocycles. The number of carbonyl (C=O) groups excluding carboxylic acids is 1. The number of hydrogen-bond acceptors (Lipinski definition) is 3. The number of fused-ring (bicyclic) bond motifs is 1. The Kier molecular flexibility index (Phi) is 3.08. The van der Waals surface area contributed by atoms with Crippen LogP contribution in [0, 0.1) is 5.82 Å². The molecule has 0 bridgehead atoms. The Morgan fingerprint density at radius 2 is 2.32 bits per heavy atom. The molecule has 0 amide bonds. The number of hydrogen-bond donors (Lipinski definition) is 0. The molecule has 0 radical (unpaired) electrons. The molecule has 19 heavy (non-hydrogen) atoms. The highest BCUT2D eigenvalue weighted by Crippen LogP contribution is 2.18. The van der Waals surface area contributed by atoms with Crippen molar-refractivity contribution in [3.05, 3.63) is 58.1 Å². The molecule has 3 aromatic rings. The Morgan fingerprint density at radius 3 is 3.11 bits per heavy atom. The maximum Gasteiger partial charge on any atom is 0.193 e. The Hall–Kier alpha value is -1.72. The second-order valence-corrected chi connectivity index (χ2v) is 5.36. The smallest absolute Gasteiger partial charge is 0.193 e. The van der Waals surface area contributed by atoms with Gasteiger partial charge in [0.1, 0.15) is 5.82 Å². The number of aromatic nitrogens is 2. The fourth-order valence-corrected chi connectivity index (χ4v) is 2.72. The third kappa shape index (κ3) is 2.39. The summed E-state index contributed by atoms with van der Waals surface area (Å²) < 4.78 is 15.4. The van der Waals surface area contributed by atoms with Gasteiger partial charge in [-0.1, -0.05) is 11.6 Å². The van der Waals surface area contributed by atoms with Crippen LogP contribution in [0.3, 0.4) is 0 Å². The number of benzene rings is 1. The molecule has 0 unspecified atom stereocenters. The fraction of sp³-hybridized carbons (Fsp3) is 0.0769. The van der Waals surface area contributed by atoms with Crippen LogP contribution in [0.2, 0.25) is 5.02 Å². The van der Waals surface area contributed by atoms with Crippen LogP contribution in [0.15, 0.2) is 36.0 Å². The van der Waals surface area contributed by atoms with E-state index in [2.05, 4.69) is 4.98 Å². The maximum atomic E-state index is 13.6. The first kappa shape index (κ1) is 12.3. The lowest BCUT2D eigenvalue weighted by molar-refractivity contribution is 0.0988. The molecule has 0 fully saturated rings. The Balaban J connectivity index is 1.88. The van der Waals surface area contributed by atoms with Gasteiger partial charge in [0.15, 0.2) is 10.7 Å². The molecular weight excluding hydrogens is 287 g/mol. The van der Waals surface area contributed by atoms with Gasteiger partial charge >= 0.3 is 0 Å². The summed E-state index contributed by atoms with van der Waals surface area (Å²) in [6.07, 6.45) is 3.69. The van der Waals surface area contributed by atoms with E-state index in [4.69, 9.17) is 11.6 Å². The Labute approximate surface area is 117 Å². The van der Waals surface area contributed by atoms with Crippen LogP contribution >= 0.6 is 22.9 Å². The number of ketones is 1. The average molecular weight is 295 g/mol. The molecule has 96 valence electrons. The largest absolute Gasteiger partial charge is 0.297 e. The zero-order valence-electron chi connectivity index (χ0n) is 9.64. The third-order valence-corrected chi connectivity index (χ3v) is 3.72. The van der Waals surface area contributed by atoms with Gasteiger partial charge in [-0.3, -0.25) is 9.20 Å². The zero-order chi connectivity index (χ0) is 13.4. The van der Waals surface area contributed by atoms with Gasteiger partial charge in [-0.15, -0.1) is 11.3 Å². The monoisotopic (exact) mass is 294 g/mol. The van der Waals surface area contributed by atoms with Gasteiger partial charge in [-0.05, 0) is 18.2 Å². The minimum absolute atomic E-state index is 0.00357. The van der Waals surface area contributed by atoms with E-state index in [0.29, 0.717) is 10.7 Å². The highest BCUT2D eigenvalue weighted by molar-refractivity contribution is 7.15. The molecule has 2 aromatic heterocycles. The summed E-state index contributed by atoms with van der Waals surface area (Å²) in [6.45, 7) is 0. The van der Waals surface area contributed by atoms with Crippen molar-refractivity contribution in [1.29, 1.82) is 0 Å². The molecule has 0 aliphatic carbocycles. The molecule has 0 atom stereocenters. The van der Waals surface area contributed by atoms with Crippen LogP contribution in [-0.2, 0) is 6.42 Å². The van der Waals surface area contributed by atoms with Gasteiger partial charge < -0.3 is 0 Å². The lowest BCUT2D eigenvalue weighted by atomic mass is 10.1. The van der Waals surface area contributed by atoms with Crippen molar-refractivity contribution in [3.63, 3.8) is 0 Å². The van der Waals surface area contributed by atoms with Gasteiger partial charge in [-0.25, -0.2) is 9.37 Å². The van der Waals surface area contributed by atoms with Crippen LogP contribution in [-0.4, -0.2) is 15.2 Å². The van der Waals surface area contributed by atoms with Crippen molar-refractivity contribution < 1.29 is 9.18 Å². The number of halogens is 2. The number of thiazole rings is 1. The minimum atomic E-state index is -0.560. The second-order valence-electron chi connectivity index (χ2n) is 4.05. The molecule has 2 heterocycles. The summed E-state index contributed by atoms with van der Waals surface area (Å²) in [4.78, 5) is 17.2. The van der Waals surface area contributed by atoms with Crippen molar-refractivity contribution in [2.75, 3.05) is 0 Å². The number of Topliss-reactive ketones (excluding diaryl/α,β-unsaturated/α-hetero) is 1. The summed E-state index contributed by atoms with van der Waals surface area (Å²) in [5.41, 5.74) is 0.625. The molecule has 3 nitrogen and oxygen atoms in total. The summed E-state index contributed by atoms with van der Waals surface area (Å²) in [7, 11) is 0. The summed E-state index contributed by atoms with van der Waals surface area (Å²) in [5, 5.41) is 2.25. The molecule has 3 rings (SSSR count). The van der Waals surface area contributed by atoms with Gasteiger partial charge in [-0.2, -0.15) is 0 Å². The van der Waals surface area contributed by atoms with Gasteiger partial charge in [0.2, 0.25) is 0 Å². The number of carbonyl (C=O) groups is 1. The SMILES string of the molecule is O=C(Cc1cn2ccsc2n1)c1cc(Cl)ccc1F. The number of imidazole rings is 1. The fourth-order valence-electron chi connectivity index (χ4n) is 1.83. The van der Waals surface area contributed by atoms with E-state index in [1.165, 1.54) is 29.5 Å². The van der Waals surface area contributed by atoms with Crippen LogP contribution in [0.5, 0.6) is 0 Å². The molecule has 0 aliphatic heterocycles. The minimum Gasteiger partial charge on any atom is -0.297 e. The van der Waals surface area contributed by atoms with E-state index < -0.39 is 5.82 Å².